The highest BCUT2D eigenvalue weighted by Crippen LogP contribution is 2.47. The number of hydrogen-bond donors (Lipinski definition) is 2. The van der Waals surface area contributed by atoms with Crippen LogP contribution in [0.15, 0.2) is 60.8 Å². The third-order valence-electron chi connectivity index (χ3n) is 7.03. The van der Waals surface area contributed by atoms with Gasteiger partial charge in [0.2, 0.25) is 5.60 Å². The molecule has 2 aromatic heterocycles. The van der Waals surface area contributed by atoms with Gasteiger partial charge in [0, 0.05) is 28.3 Å². The van der Waals surface area contributed by atoms with Gasteiger partial charge < -0.3 is 24.7 Å². The molecule has 1 unspecified atom stereocenters. The Morgan fingerprint density at radius 2 is 1.93 bits per heavy atom. The van der Waals surface area contributed by atoms with Gasteiger partial charge in [0.1, 0.15) is 41.4 Å². The van der Waals surface area contributed by atoms with E-state index in [2.05, 4.69) is 15.3 Å². The number of rotatable bonds is 7. The summed E-state index contributed by atoms with van der Waals surface area (Å²) >= 11 is 0. The summed E-state index contributed by atoms with van der Waals surface area (Å²) in [6.45, 7) is -0.0124. The van der Waals surface area contributed by atoms with Crippen molar-refractivity contribution in [2.75, 3.05) is 20.3 Å². The summed E-state index contributed by atoms with van der Waals surface area (Å²) in [7, 11) is 1.36. The van der Waals surface area contributed by atoms with Crippen molar-refractivity contribution in [3.63, 3.8) is 0 Å². The molecule has 0 spiro atoms. The van der Waals surface area contributed by atoms with Crippen molar-refractivity contribution in [1.29, 1.82) is 0 Å². The molecule has 1 aliphatic heterocycles. The fraction of sp³-hybridized carbons (Fsp3) is 0.241. The predicted octanol–water partition coefficient (Wildman–Crippen LogP) is 4.47. The van der Waals surface area contributed by atoms with E-state index in [0.29, 0.717) is 17.2 Å². The molecule has 0 radical (unpaired) electrons. The van der Waals surface area contributed by atoms with Crippen LogP contribution in [0, 0.1) is 5.82 Å². The molecule has 2 aromatic carbocycles. The highest BCUT2D eigenvalue weighted by molar-refractivity contribution is 5.99. The zero-order valence-electron chi connectivity index (χ0n) is 21.8. The summed E-state index contributed by atoms with van der Waals surface area (Å²) in [5, 5.41) is 13.8. The number of pyridine rings is 2. The molecule has 2 N–H and O–H groups in total. The van der Waals surface area contributed by atoms with Gasteiger partial charge >= 0.3 is 6.18 Å². The number of halogens is 4. The van der Waals surface area contributed by atoms with E-state index in [1.165, 1.54) is 44.5 Å². The predicted molar refractivity (Wildman–Crippen MR) is 139 cm³/mol. The number of aldehydes is 1. The largest absolute Gasteiger partial charge is 0.494 e. The van der Waals surface area contributed by atoms with E-state index < -0.39 is 41.2 Å². The first-order chi connectivity index (χ1) is 19.4. The molecule has 3 heterocycles. The lowest BCUT2D eigenvalue weighted by atomic mass is 9.83. The van der Waals surface area contributed by atoms with Crippen LogP contribution < -0.4 is 14.8 Å². The number of ether oxygens (including phenoxy) is 2. The Morgan fingerprint density at radius 1 is 1.20 bits per heavy atom. The van der Waals surface area contributed by atoms with E-state index in [1.807, 2.05) is 0 Å². The average molecular weight is 570 g/mol. The van der Waals surface area contributed by atoms with Crippen LogP contribution in [0.5, 0.6) is 11.5 Å². The van der Waals surface area contributed by atoms with E-state index in [0.717, 1.165) is 18.2 Å². The Kier molecular flexibility index (Phi) is 6.90. The third-order valence-corrected chi connectivity index (χ3v) is 7.03. The lowest BCUT2D eigenvalue weighted by molar-refractivity contribution is -0.265. The Labute approximate surface area is 231 Å². The quantitative estimate of drug-likeness (QED) is 0.250. The molecule has 1 aliphatic rings. The molecule has 0 saturated carbocycles. The van der Waals surface area contributed by atoms with Crippen LogP contribution in [-0.4, -0.2) is 53.7 Å². The van der Waals surface area contributed by atoms with Crippen molar-refractivity contribution in [2.45, 2.75) is 24.1 Å². The standard InChI is InChI=1S/C29H23F4N3O5/c1-27(14-37)15-41-25-20(27)12-22(36-24(25)16-5-7-19(30)8-6-16)28(39,29(31,32)33)13-35-26(38)18-10-17-4-3-9-34-23(17)21(11-18)40-2/h3-12,14,39H,13,15H2,1-2H3,(H,35,38)/t27-,28?/m0/s1. The Morgan fingerprint density at radius 3 is 2.59 bits per heavy atom. The molecule has 2 atom stereocenters. The van der Waals surface area contributed by atoms with Crippen LogP contribution in [0.2, 0.25) is 0 Å². The van der Waals surface area contributed by atoms with Gasteiger partial charge in [0.05, 0.1) is 24.8 Å². The second-order valence-corrected chi connectivity index (χ2v) is 9.86. The highest BCUT2D eigenvalue weighted by atomic mass is 19.4. The van der Waals surface area contributed by atoms with E-state index in [-0.39, 0.29) is 40.5 Å². The molecule has 12 heteroatoms. The number of nitrogens with one attached hydrogen (secondary N) is 1. The van der Waals surface area contributed by atoms with Crippen molar-refractivity contribution in [3.8, 4) is 22.8 Å². The number of fused-ring (bicyclic) bond motifs is 2. The van der Waals surface area contributed by atoms with Crippen molar-refractivity contribution in [1.82, 2.24) is 15.3 Å². The number of benzene rings is 2. The number of carbonyl (C=O) groups excluding carboxylic acids is 2. The first kappa shape index (κ1) is 28.0. The summed E-state index contributed by atoms with van der Waals surface area (Å²) in [4.78, 5) is 33.3. The molecule has 4 aromatic rings. The molecule has 41 heavy (non-hydrogen) atoms. The first-order valence-electron chi connectivity index (χ1n) is 12.3. The molecular formula is C29H23F4N3O5. The van der Waals surface area contributed by atoms with Gasteiger partial charge in [0.25, 0.3) is 5.91 Å². The number of aliphatic hydroxyl groups is 1. The van der Waals surface area contributed by atoms with Crippen molar-refractivity contribution >= 4 is 23.1 Å². The molecule has 0 fully saturated rings. The topological polar surface area (TPSA) is 111 Å². The molecular weight excluding hydrogens is 546 g/mol. The van der Waals surface area contributed by atoms with Crippen LogP contribution in [0.1, 0.15) is 28.5 Å². The summed E-state index contributed by atoms with van der Waals surface area (Å²) in [5.74, 6) is -1.23. The van der Waals surface area contributed by atoms with Gasteiger partial charge in [0.15, 0.2) is 0 Å². The molecule has 0 saturated heterocycles. The normalized spacial score (nSPS) is 17.8. The highest BCUT2D eigenvalue weighted by Gasteiger charge is 2.57. The van der Waals surface area contributed by atoms with Crippen LogP contribution in [-0.2, 0) is 15.8 Å². The van der Waals surface area contributed by atoms with Crippen molar-refractivity contribution in [2.24, 2.45) is 0 Å². The van der Waals surface area contributed by atoms with Crippen molar-refractivity contribution < 1.29 is 41.7 Å². The minimum absolute atomic E-state index is 0.0253. The SMILES string of the molecule is COc1cc(C(=O)NCC(O)(c2cc3c(c(-c4ccc(F)cc4)n2)OC[C@]3(C)C=O)C(F)(F)F)cc2cccnc12. The Balaban J connectivity index is 1.57. The third kappa shape index (κ3) is 4.84. The molecule has 1 amide bonds. The van der Waals surface area contributed by atoms with E-state index in [4.69, 9.17) is 9.47 Å². The number of hydrogen-bond acceptors (Lipinski definition) is 7. The smallest absolute Gasteiger partial charge is 0.424 e. The van der Waals surface area contributed by atoms with E-state index >= 15 is 0 Å². The fourth-order valence-corrected chi connectivity index (χ4v) is 4.61. The van der Waals surface area contributed by atoms with Crippen LogP contribution >= 0.6 is 0 Å². The average Bonchev–Trinajstić information content (AvgIpc) is 3.31. The zero-order chi connectivity index (χ0) is 29.6. The molecule has 212 valence electrons. The fourth-order valence-electron chi connectivity index (χ4n) is 4.61. The van der Waals surface area contributed by atoms with Gasteiger partial charge in [-0.25, -0.2) is 9.37 Å². The van der Waals surface area contributed by atoms with Gasteiger partial charge in [-0.3, -0.25) is 9.78 Å². The van der Waals surface area contributed by atoms with Crippen LogP contribution in [0.4, 0.5) is 17.6 Å². The number of alkyl halides is 3. The van der Waals surface area contributed by atoms with E-state index in [1.54, 1.807) is 12.1 Å². The summed E-state index contributed by atoms with van der Waals surface area (Å²) in [5.41, 5.74) is -5.32. The minimum Gasteiger partial charge on any atom is -0.494 e. The number of methoxy groups -OCH3 is 1. The molecule has 0 bridgehead atoms. The van der Waals surface area contributed by atoms with Gasteiger partial charge in [-0.2, -0.15) is 13.2 Å². The number of nitrogens with zero attached hydrogens (tertiary/aromatic N) is 2. The number of carbonyl (C=O) groups is 2. The Bertz CT molecular complexity index is 1660. The summed E-state index contributed by atoms with van der Waals surface area (Å²) in [6.07, 6.45) is -3.25. The van der Waals surface area contributed by atoms with Crippen LogP contribution in [0.25, 0.3) is 22.2 Å². The second-order valence-electron chi connectivity index (χ2n) is 9.86. The van der Waals surface area contributed by atoms with E-state index in [9.17, 15) is 32.3 Å². The lowest BCUT2D eigenvalue weighted by Gasteiger charge is -2.31. The maximum absolute atomic E-state index is 14.6. The van der Waals surface area contributed by atoms with Crippen molar-refractivity contribution in [3.05, 3.63) is 83.4 Å². The number of amides is 1. The summed E-state index contributed by atoms with van der Waals surface area (Å²) in [6, 6.07) is 11.8. The molecule has 8 nitrogen and oxygen atoms in total. The Hall–Kier alpha value is -4.58. The zero-order valence-corrected chi connectivity index (χ0v) is 21.8. The minimum atomic E-state index is -5.32. The first-order valence-corrected chi connectivity index (χ1v) is 12.3. The van der Waals surface area contributed by atoms with Gasteiger partial charge in [-0.1, -0.05) is 6.07 Å². The molecule has 0 aliphatic carbocycles. The monoisotopic (exact) mass is 569 g/mol. The number of aromatic nitrogens is 2. The van der Waals surface area contributed by atoms with Gasteiger partial charge in [-0.05, 0) is 55.5 Å². The second kappa shape index (κ2) is 10.1. The molecule has 5 rings (SSSR count). The lowest BCUT2D eigenvalue weighted by Crippen LogP contribution is -2.51. The van der Waals surface area contributed by atoms with Crippen LogP contribution in [0.3, 0.4) is 0 Å². The van der Waals surface area contributed by atoms with Gasteiger partial charge in [-0.15, -0.1) is 0 Å². The maximum atomic E-state index is 14.6. The summed E-state index contributed by atoms with van der Waals surface area (Å²) < 4.78 is 68.2. The maximum Gasteiger partial charge on any atom is 0.424 e.